The molecule has 550 valence electrons. The van der Waals surface area contributed by atoms with Crippen LogP contribution in [0, 0.1) is 0 Å². The van der Waals surface area contributed by atoms with Crippen LogP contribution in [0.2, 0.25) is 0 Å². The monoisotopic (exact) mass is 1350 g/mol. The minimum Gasteiger partial charge on any atom is -0.756 e. The molecule has 0 saturated carbocycles. The zero-order valence-electron chi connectivity index (χ0n) is 62.8. The number of phosphoric ester groups is 1. The van der Waals surface area contributed by atoms with Crippen LogP contribution in [-0.4, -0.2) is 70.0 Å². The van der Waals surface area contributed by atoms with Gasteiger partial charge in [0.15, 0.2) is 6.10 Å². The molecule has 0 aromatic heterocycles. The van der Waals surface area contributed by atoms with Crippen LogP contribution in [0.25, 0.3) is 0 Å². The molecule has 10 heteroatoms. The lowest BCUT2D eigenvalue weighted by atomic mass is 10.0. The number of allylic oxidation sites excluding steroid dienone is 24. The molecule has 0 aliphatic carbocycles. The lowest BCUT2D eigenvalue weighted by Crippen LogP contribution is -2.37. The van der Waals surface area contributed by atoms with Gasteiger partial charge in [-0.3, -0.25) is 14.2 Å². The van der Waals surface area contributed by atoms with Crippen LogP contribution in [0.4, 0.5) is 0 Å². The second-order valence-electron chi connectivity index (χ2n) is 27.3. The van der Waals surface area contributed by atoms with Crippen LogP contribution in [0.15, 0.2) is 146 Å². The Morgan fingerprint density at radius 1 is 0.333 bits per heavy atom. The fraction of sp³-hybridized carbons (Fsp3) is 0.698. The van der Waals surface area contributed by atoms with E-state index >= 15 is 0 Å². The van der Waals surface area contributed by atoms with E-state index in [0.29, 0.717) is 17.4 Å². The first-order valence-corrected chi connectivity index (χ1v) is 41.0. The molecule has 9 nitrogen and oxygen atoms in total. The van der Waals surface area contributed by atoms with E-state index in [0.717, 1.165) is 122 Å². The van der Waals surface area contributed by atoms with Gasteiger partial charge in [0.2, 0.25) is 0 Å². The first-order valence-electron chi connectivity index (χ1n) is 39.5. The Morgan fingerprint density at radius 3 is 0.896 bits per heavy atom. The highest BCUT2D eigenvalue weighted by Gasteiger charge is 2.22. The molecule has 0 aliphatic rings. The van der Waals surface area contributed by atoms with E-state index in [4.69, 9.17) is 18.5 Å². The van der Waals surface area contributed by atoms with Crippen LogP contribution >= 0.6 is 7.82 Å². The number of esters is 2. The van der Waals surface area contributed by atoms with E-state index in [9.17, 15) is 19.0 Å². The highest BCUT2D eigenvalue weighted by molar-refractivity contribution is 7.45. The van der Waals surface area contributed by atoms with Gasteiger partial charge in [0.25, 0.3) is 7.82 Å². The number of carbonyl (C=O) groups excluding carboxylic acids is 2. The van der Waals surface area contributed by atoms with Crippen molar-refractivity contribution in [2.24, 2.45) is 0 Å². The third-order valence-corrected chi connectivity index (χ3v) is 17.8. The molecular weight excluding hydrogens is 1210 g/mol. The minimum absolute atomic E-state index is 0.0407. The van der Waals surface area contributed by atoms with E-state index < -0.39 is 26.5 Å². The number of hydrogen-bond donors (Lipinski definition) is 0. The van der Waals surface area contributed by atoms with Crippen LogP contribution in [0.3, 0.4) is 0 Å². The highest BCUT2D eigenvalue weighted by Crippen LogP contribution is 2.38. The zero-order valence-corrected chi connectivity index (χ0v) is 63.7. The molecule has 0 bridgehead atoms. The number of carbonyl (C=O) groups is 2. The van der Waals surface area contributed by atoms with Gasteiger partial charge in [-0.15, -0.1) is 0 Å². The topological polar surface area (TPSA) is 111 Å². The third-order valence-electron chi connectivity index (χ3n) is 16.8. The molecule has 0 amide bonds. The third kappa shape index (κ3) is 78.9. The van der Waals surface area contributed by atoms with Crippen molar-refractivity contribution in [3.05, 3.63) is 146 Å². The summed E-state index contributed by atoms with van der Waals surface area (Å²) >= 11 is 0. The maximum Gasteiger partial charge on any atom is 0.306 e. The van der Waals surface area contributed by atoms with Crippen LogP contribution in [-0.2, 0) is 32.7 Å². The summed E-state index contributed by atoms with van der Waals surface area (Å²) in [4.78, 5) is 38.2. The summed E-state index contributed by atoms with van der Waals surface area (Å²) in [6.07, 6.45) is 111. The van der Waals surface area contributed by atoms with Crippen LogP contribution in [0.1, 0.15) is 335 Å². The van der Waals surface area contributed by atoms with Gasteiger partial charge in [-0.25, -0.2) is 0 Å². The van der Waals surface area contributed by atoms with Gasteiger partial charge in [0, 0.05) is 12.8 Å². The SMILES string of the molecule is CC/C=C\C/C=C\C/C=C\C/C=C\C/C=C\C/C=C\C/C=C\C/C=C\C/C=C\C/C=C\C/C=C\CCCCCCCC(=O)OC(COC(=O)CCCCCCCCCCCCCCCCCCCCCCC/C=C\CCCCCCCCCC)COP(=O)([O-])OCC[N+](C)(C)C. The Kier molecular flexibility index (Phi) is 71.9. The van der Waals surface area contributed by atoms with Crippen LogP contribution < -0.4 is 4.89 Å². The van der Waals surface area contributed by atoms with Gasteiger partial charge in [-0.2, -0.15) is 0 Å². The number of unbranched alkanes of at least 4 members (excludes halogenated alkanes) is 34. The Morgan fingerprint density at radius 2 is 0.594 bits per heavy atom. The predicted molar refractivity (Wildman–Crippen MR) is 415 cm³/mol. The summed E-state index contributed by atoms with van der Waals surface area (Å²) in [6, 6.07) is 0. The van der Waals surface area contributed by atoms with Crippen molar-refractivity contribution < 1.29 is 42.1 Å². The number of phosphoric acid groups is 1. The standard InChI is InChI=1S/C86H148NO8P/c1-6-8-10-12-14-16-18-20-22-24-26-28-30-32-34-36-38-40-41-42-43-44-45-47-49-51-53-55-57-59-61-63-65-67-69-71-73-75-77-79-86(89)95-84(83-94-96(90,91)93-81-80-87(3,4)5)82-92-85(88)78-76-74-72-70-68-66-64-62-60-58-56-54-52-50-48-46-39-37-35-33-31-29-27-25-23-21-19-17-15-13-11-9-7-2/h8,10,14,16,20,22,25-28,32,34,38,40,42-43,45,47,51,53,57,59,63,65,84H,6-7,9,11-13,15,17-19,21,23-24,29-31,33,35-37,39,41,44,46,48-50,52,54-56,58,60-62,64,66-83H2,1-5H3/b10-8-,16-14-,22-20-,27-25-,28-26-,34-32-,40-38-,43-42-,47-45-,53-51-,59-57-,65-63-. The molecule has 96 heavy (non-hydrogen) atoms. The molecule has 2 atom stereocenters. The van der Waals surface area contributed by atoms with Crippen molar-refractivity contribution in [2.45, 2.75) is 341 Å². The van der Waals surface area contributed by atoms with E-state index in [1.807, 2.05) is 21.1 Å². The number of quaternary nitrogens is 1. The predicted octanol–water partition coefficient (Wildman–Crippen LogP) is 25.9. The number of ether oxygens (including phenoxy) is 2. The molecule has 0 saturated heterocycles. The first-order chi connectivity index (χ1) is 47.0. The number of hydrogen-bond acceptors (Lipinski definition) is 8. The van der Waals surface area contributed by atoms with Gasteiger partial charge < -0.3 is 27.9 Å². The summed E-state index contributed by atoms with van der Waals surface area (Å²) in [5.74, 6) is -0.853. The molecule has 2 unspecified atom stereocenters. The van der Waals surface area contributed by atoms with Crippen molar-refractivity contribution in [2.75, 3.05) is 47.5 Å². The number of rotatable bonds is 72. The van der Waals surface area contributed by atoms with Crippen molar-refractivity contribution >= 4 is 19.8 Å². The molecule has 0 aliphatic heterocycles. The quantitative estimate of drug-likeness (QED) is 0.0195. The molecule has 0 rings (SSSR count). The second-order valence-corrected chi connectivity index (χ2v) is 28.8. The minimum atomic E-state index is -4.66. The summed E-state index contributed by atoms with van der Waals surface area (Å²) in [5.41, 5.74) is 0. The lowest BCUT2D eigenvalue weighted by Gasteiger charge is -2.28. The zero-order chi connectivity index (χ0) is 69.7. The smallest absolute Gasteiger partial charge is 0.306 e. The van der Waals surface area contributed by atoms with E-state index in [1.54, 1.807) is 0 Å². The van der Waals surface area contributed by atoms with Crippen molar-refractivity contribution in [3.8, 4) is 0 Å². The summed E-state index contributed by atoms with van der Waals surface area (Å²) in [5, 5.41) is 0. The van der Waals surface area contributed by atoms with Crippen LogP contribution in [0.5, 0.6) is 0 Å². The van der Waals surface area contributed by atoms with Crippen molar-refractivity contribution in [3.63, 3.8) is 0 Å². The van der Waals surface area contributed by atoms with Crippen molar-refractivity contribution in [1.82, 2.24) is 0 Å². The second kappa shape index (κ2) is 75.1. The Balaban J connectivity index is 4.08. The fourth-order valence-corrected chi connectivity index (χ4v) is 11.6. The normalized spacial score (nSPS) is 13.9. The molecule has 0 aromatic carbocycles. The Bertz CT molecular complexity index is 2140. The average Bonchev–Trinajstić information content (AvgIpc) is 1.98. The molecule has 0 spiro atoms. The van der Waals surface area contributed by atoms with Gasteiger partial charge in [0.1, 0.15) is 19.8 Å². The van der Waals surface area contributed by atoms with E-state index in [1.165, 1.54) is 180 Å². The summed E-state index contributed by atoms with van der Waals surface area (Å²) < 4.78 is 34.4. The van der Waals surface area contributed by atoms with Crippen molar-refractivity contribution in [1.29, 1.82) is 0 Å². The molecule has 0 aromatic rings. The molecule has 0 fully saturated rings. The average molecular weight is 1360 g/mol. The van der Waals surface area contributed by atoms with Gasteiger partial charge >= 0.3 is 11.9 Å². The lowest BCUT2D eigenvalue weighted by molar-refractivity contribution is -0.870. The van der Waals surface area contributed by atoms with Gasteiger partial charge in [0.05, 0.1) is 27.7 Å². The van der Waals surface area contributed by atoms with E-state index in [2.05, 4.69) is 160 Å². The summed E-state index contributed by atoms with van der Waals surface area (Å²) in [7, 11) is 1.14. The first kappa shape index (κ1) is 91.9. The summed E-state index contributed by atoms with van der Waals surface area (Å²) in [6.45, 7) is 4.13. The molecule has 0 heterocycles. The van der Waals surface area contributed by atoms with E-state index in [-0.39, 0.29) is 32.0 Å². The highest BCUT2D eigenvalue weighted by atomic mass is 31.2. The maximum absolute atomic E-state index is 12.9. The van der Waals surface area contributed by atoms with Gasteiger partial charge in [-0.1, -0.05) is 346 Å². The maximum atomic E-state index is 12.9. The van der Waals surface area contributed by atoms with Gasteiger partial charge in [-0.05, 0) is 122 Å². The largest absolute Gasteiger partial charge is 0.756 e. The fourth-order valence-electron chi connectivity index (χ4n) is 10.8. The molecular formula is C86H148NO8P. The molecule has 0 radical (unpaired) electrons. The Labute approximate surface area is 593 Å². The molecule has 0 N–H and O–H groups in total. The Hall–Kier alpha value is -4.11. The number of likely N-dealkylation sites (N-methyl/N-ethyl adjacent to an activating group) is 1. The number of nitrogens with zero attached hydrogens (tertiary/aromatic N) is 1.